The molecule has 0 radical (unpaired) electrons. The summed E-state index contributed by atoms with van der Waals surface area (Å²) in [6, 6.07) is 4.47. The van der Waals surface area contributed by atoms with Gasteiger partial charge in [0.2, 0.25) is 0 Å². The molecule has 0 spiro atoms. The first-order chi connectivity index (χ1) is 44.8. The van der Waals surface area contributed by atoms with E-state index in [0.29, 0.717) is 187 Å². The molecular formula is C64H104O20Si8. The molecule has 0 aromatic rings. The van der Waals surface area contributed by atoms with E-state index in [0.717, 1.165) is 205 Å². The molecule has 24 fully saturated rings. The largest absolute Gasteiger partial charge is 0.478 e. The van der Waals surface area contributed by atoms with Crippen molar-refractivity contribution in [3.05, 3.63) is 0 Å². The van der Waals surface area contributed by atoms with E-state index in [-0.39, 0.29) is 6.10 Å². The Kier molecular flexibility index (Phi) is 15.5. The summed E-state index contributed by atoms with van der Waals surface area (Å²) in [7, 11) is -33.7. The fourth-order valence-electron chi connectivity index (χ4n) is 21.9. The van der Waals surface area contributed by atoms with Crippen LogP contribution in [0.2, 0.25) is 48.4 Å². The van der Waals surface area contributed by atoms with Crippen molar-refractivity contribution < 1.29 is 87.3 Å². The second-order valence-electron chi connectivity index (χ2n) is 34.2. The number of rotatable bonds is 24. The summed E-state index contributed by atoms with van der Waals surface area (Å²) >= 11 is 0. The maximum absolute atomic E-state index is 8.73. The molecule has 24 aliphatic rings. The molecule has 24 rings (SSSR count). The molecule has 0 N–H and O–H groups in total. The van der Waals surface area contributed by atoms with Crippen molar-refractivity contribution in [1.29, 1.82) is 0 Å². The average molecular weight is 1420 g/mol. The van der Waals surface area contributed by atoms with Crippen LogP contribution in [0.3, 0.4) is 0 Å². The van der Waals surface area contributed by atoms with Crippen molar-refractivity contribution in [2.24, 2.45) is 47.3 Å². The van der Waals surface area contributed by atoms with Crippen LogP contribution in [0.4, 0.5) is 0 Å². The van der Waals surface area contributed by atoms with Crippen LogP contribution < -0.4 is 0 Å². The van der Waals surface area contributed by atoms with Crippen molar-refractivity contribution in [2.45, 2.75) is 351 Å². The van der Waals surface area contributed by atoms with Gasteiger partial charge in [-0.3, -0.25) is 0 Å². The molecule has 0 aromatic heterocycles. The van der Waals surface area contributed by atoms with Crippen molar-refractivity contribution in [3.63, 3.8) is 0 Å². The zero-order valence-electron chi connectivity index (χ0n) is 54.3. The molecule has 27 atom stereocenters. The van der Waals surface area contributed by atoms with E-state index in [1.807, 2.05) is 0 Å². The number of hydrogen-bond donors (Lipinski definition) is 0. The summed E-state index contributed by atoms with van der Waals surface area (Å²) in [4.78, 5) is 0. The van der Waals surface area contributed by atoms with E-state index in [1.165, 1.54) is 0 Å². The Labute approximate surface area is 553 Å². The molecule has 26 unspecified atom stereocenters. The van der Waals surface area contributed by atoms with Crippen LogP contribution >= 0.6 is 0 Å². The lowest BCUT2D eigenvalue weighted by molar-refractivity contribution is -0.185. The number of ether oxygens (including phenoxy) is 8. The Hall–Kier alpha value is 0.935. The van der Waals surface area contributed by atoms with Gasteiger partial charge in [0.25, 0.3) is 0 Å². The normalized spacial score (nSPS) is 58.4. The first-order valence-corrected chi connectivity index (χ1v) is 53.9. The second kappa shape index (κ2) is 23.2. The third-order valence-electron chi connectivity index (χ3n) is 27.6. The maximum atomic E-state index is 8.73. The molecule has 0 aromatic carbocycles. The highest BCUT2D eigenvalue weighted by molar-refractivity contribution is 7.03. The van der Waals surface area contributed by atoms with Crippen LogP contribution in [-0.2, 0) is 87.3 Å². The zero-order chi connectivity index (χ0) is 60.3. The molecule has 0 amide bonds. The van der Waals surface area contributed by atoms with Gasteiger partial charge in [-0.15, -0.1) is 0 Å². The van der Waals surface area contributed by atoms with E-state index >= 15 is 0 Å². The quantitative estimate of drug-likeness (QED) is 0.0651. The van der Waals surface area contributed by atoms with Crippen LogP contribution in [0.5, 0.6) is 0 Å². The van der Waals surface area contributed by atoms with Crippen LogP contribution in [0.25, 0.3) is 0 Å². The minimum Gasteiger partial charge on any atom is -0.375 e. The van der Waals surface area contributed by atoms with E-state index in [2.05, 4.69) is 0 Å². The predicted octanol–water partition coefficient (Wildman–Crippen LogP) is 11.4. The summed E-state index contributed by atoms with van der Waals surface area (Å²) in [5, 5.41) is 0. The number of hydrogen-bond acceptors (Lipinski definition) is 20. The minimum absolute atomic E-state index is 0.215. The first kappa shape index (κ1) is 61.6. The summed E-state index contributed by atoms with van der Waals surface area (Å²) in [5.74, 6) is 3.23. The van der Waals surface area contributed by atoms with Crippen LogP contribution in [0.15, 0.2) is 0 Å². The lowest BCUT2D eigenvalue weighted by Gasteiger charge is -2.64. The fourth-order valence-corrected chi connectivity index (χ4v) is 73.5. The standard InChI is InChI=1S/C64H104O20Si8/c1-9-52-59(67-52)33-41(1)15-23-85-73-87(25-17-43-3-11-54-61(35-43)69-54)74-86(24-16-42-2-10-53-60(34-42)68-53)76-88(75-85,26-18-44-4-12-55-62(36-44)70-55)82-92(30-22-48-7-8-49-40-58(48)66-49)83-89(77-85,27-19-45-5-13-56-63(37-45)71-56)80-91(79-87,29-21-47-31-50-39-51(32-47)65-50)81-90(78-86,84-92)28-20-46-6-14-57-64(38-46)72-57/h41-64H,1-40H2/t41?,42?,43?,44?,45?,46?,47?,48?,49-,50?,51?,52?,53?,54?,55?,56?,57?,58?,59?,60?,61?,62?,63?,64?,85?,86?,87?,88?,89?,90?,91?,92?/m1/s1. The van der Waals surface area contributed by atoms with Crippen molar-refractivity contribution in [2.75, 3.05) is 0 Å². The number of epoxide rings is 6. The summed E-state index contributed by atoms with van der Waals surface area (Å²) in [6.07, 6.45) is 38.1. The van der Waals surface area contributed by atoms with E-state index < -0.39 is 70.4 Å². The van der Waals surface area contributed by atoms with Gasteiger partial charge < -0.3 is 87.3 Å². The van der Waals surface area contributed by atoms with Gasteiger partial charge in [0, 0.05) is 54.8 Å². The van der Waals surface area contributed by atoms with E-state index in [1.54, 1.807) is 0 Å². The third-order valence-corrected chi connectivity index (χ3v) is 64.7. The Morgan fingerprint density at radius 2 is 0.413 bits per heavy atom. The Bertz CT molecular complexity index is 2540. The van der Waals surface area contributed by atoms with Gasteiger partial charge in [-0.2, -0.15) is 0 Å². The summed E-state index contributed by atoms with van der Waals surface area (Å²) in [6.45, 7) is 0. The van der Waals surface area contributed by atoms with Gasteiger partial charge in [-0.1, -0.05) is 0 Å². The van der Waals surface area contributed by atoms with E-state index in [4.69, 9.17) is 87.3 Å². The lowest BCUT2D eigenvalue weighted by Crippen LogP contribution is -2.88. The highest BCUT2D eigenvalue weighted by Crippen LogP contribution is 2.60. The van der Waals surface area contributed by atoms with Gasteiger partial charge in [-0.25, -0.2) is 0 Å². The Morgan fingerprint density at radius 3 is 0.641 bits per heavy atom. The molecule has 20 nitrogen and oxygen atoms in total. The highest BCUT2D eigenvalue weighted by Gasteiger charge is 2.83. The van der Waals surface area contributed by atoms with Crippen molar-refractivity contribution >= 4 is 70.4 Å². The SMILES string of the molecule is C(C[Si]12O[Si]3(CCC4CCC5OC5C4)O[Si]4(CCC5CCC6OC6C5)O[Si](CCC5CCC6OC6C5)(O1)O[Si]1(CCC5CC[C@@H]6CC5O6)O[Si](CCC5CCC6OC6C5)(O2)O[Si](CCC2CCC5OC5C2)(O3)O[Si](CCC2CCC3OC3C2)(O4)O1)C1CC2CC(C1)O2. The zero-order valence-corrected chi connectivity index (χ0v) is 62.3. The smallest absolute Gasteiger partial charge is 0.375 e. The van der Waals surface area contributed by atoms with Gasteiger partial charge in [0.05, 0.1) is 97.7 Å². The molecule has 92 heavy (non-hydrogen) atoms. The minimum atomic E-state index is -4.22. The lowest BCUT2D eigenvalue weighted by atomic mass is 9.79. The molecule has 512 valence electrons. The molecule has 16 heterocycles. The number of fused-ring (bicyclic) bond motifs is 10. The van der Waals surface area contributed by atoms with E-state index in [9.17, 15) is 0 Å². The maximum Gasteiger partial charge on any atom is 0.478 e. The third kappa shape index (κ3) is 12.4. The molecule has 8 saturated carbocycles. The highest BCUT2D eigenvalue weighted by atomic mass is 28.6. The second-order valence-corrected chi connectivity index (χ2v) is 58.9. The monoisotopic (exact) mass is 1420 g/mol. The van der Waals surface area contributed by atoms with Gasteiger partial charge in [0.15, 0.2) is 0 Å². The van der Waals surface area contributed by atoms with Crippen LogP contribution in [-0.4, -0.2) is 168 Å². The van der Waals surface area contributed by atoms with Crippen molar-refractivity contribution in [1.82, 2.24) is 0 Å². The fraction of sp³-hybridized carbons (Fsp3) is 1.00. The first-order valence-electron chi connectivity index (χ1n) is 38.5. The van der Waals surface area contributed by atoms with Crippen LogP contribution in [0.1, 0.15) is 205 Å². The Balaban J connectivity index is 0.748. The predicted molar refractivity (Wildman–Crippen MR) is 342 cm³/mol. The topological polar surface area (TPSA) is 204 Å². The molecule has 16 aliphatic heterocycles. The average Bonchev–Trinajstić information content (AvgIpc) is 1.26. The molecular weight excluding hydrogens is 1310 g/mol. The van der Waals surface area contributed by atoms with Gasteiger partial charge in [-0.05, 0) is 246 Å². The van der Waals surface area contributed by atoms with Crippen LogP contribution in [0, 0.1) is 47.3 Å². The molecule has 8 aliphatic carbocycles. The molecule has 28 heteroatoms. The van der Waals surface area contributed by atoms with Crippen molar-refractivity contribution in [3.8, 4) is 0 Å². The molecule has 12 bridgehead atoms. The van der Waals surface area contributed by atoms with Gasteiger partial charge in [0.1, 0.15) is 0 Å². The Morgan fingerprint density at radius 1 is 0.174 bits per heavy atom. The molecule has 16 saturated heterocycles. The summed E-state index contributed by atoms with van der Waals surface area (Å²) in [5.41, 5.74) is 0. The van der Waals surface area contributed by atoms with Gasteiger partial charge >= 0.3 is 70.4 Å². The summed E-state index contributed by atoms with van der Waals surface area (Å²) < 4.78 is 155.